The monoisotopic (exact) mass is 415 g/mol. The quantitative estimate of drug-likeness (QED) is 0.613. The van der Waals surface area contributed by atoms with Gasteiger partial charge in [-0.25, -0.2) is 0 Å². The normalized spacial score (nSPS) is 15.2. The second kappa shape index (κ2) is 7.93. The summed E-state index contributed by atoms with van der Waals surface area (Å²) >= 11 is 5.10. The van der Waals surface area contributed by atoms with E-state index in [0.29, 0.717) is 5.82 Å². The molecule has 128 valence electrons. The molecule has 3 aromatic rings. The summed E-state index contributed by atoms with van der Waals surface area (Å²) in [5.41, 5.74) is 2.04. The largest absolute Gasteiger partial charge is 0.264 e. The lowest BCUT2D eigenvalue weighted by Crippen LogP contribution is -2.14. The SMILES string of the molecule is CC1(C)CSC(Br)=N1.c1ccc(-c2nnn(-c3ccccc3)n2)cc1. The summed E-state index contributed by atoms with van der Waals surface area (Å²) in [6, 6.07) is 19.5. The van der Waals surface area contributed by atoms with Crippen molar-refractivity contribution >= 4 is 31.6 Å². The van der Waals surface area contributed by atoms with Crippen LogP contribution in [-0.2, 0) is 0 Å². The van der Waals surface area contributed by atoms with E-state index in [2.05, 4.69) is 50.2 Å². The highest BCUT2D eigenvalue weighted by atomic mass is 79.9. The molecule has 2 aromatic carbocycles. The molecule has 2 heterocycles. The van der Waals surface area contributed by atoms with Crippen LogP contribution in [0.5, 0.6) is 0 Å². The lowest BCUT2D eigenvalue weighted by Gasteiger charge is -2.09. The minimum atomic E-state index is 0.170. The minimum Gasteiger partial charge on any atom is -0.264 e. The fourth-order valence-corrected chi connectivity index (χ4v) is 3.80. The van der Waals surface area contributed by atoms with Crippen molar-refractivity contribution in [2.24, 2.45) is 4.99 Å². The maximum atomic E-state index is 4.35. The van der Waals surface area contributed by atoms with Gasteiger partial charge in [0, 0.05) is 11.3 Å². The number of aromatic nitrogens is 4. The fourth-order valence-electron chi connectivity index (χ4n) is 2.13. The van der Waals surface area contributed by atoms with Crippen molar-refractivity contribution in [3.63, 3.8) is 0 Å². The lowest BCUT2D eigenvalue weighted by atomic mass is 10.1. The van der Waals surface area contributed by atoms with Crippen LogP contribution in [-0.4, -0.2) is 35.5 Å². The van der Waals surface area contributed by atoms with Crippen molar-refractivity contribution in [2.45, 2.75) is 19.4 Å². The van der Waals surface area contributed by atoms with Crippen LogP contribution in [0.25, 0.3) is 17.1 Å². The molecule has 5 nitrogen and oxygen atoms in total. The second-order valence-electron chi connectivity index (χ2n) is 6.07. The van der Waals surface area contributed by atoms with Crippen LogP contribution in [0.4, 0.5) is 0 Å². The predicted octanol–water partition coefficient (Wildman–Crippen LogP) is 4.59. The molecular formula is C18H18BrN5S. The van der Waals surface area contributed by atoms with Crippen LogP contribution in [0.15, 0.2) is 65.7 Å². The van der Waals surface area contributed by atoms with Crippen LogP contribution in [0.2, 0.25) is 0 Å². The molecule has 1 aliphatic heterocycles. The molecule has 0 aliphatic carbocycles. The number of aliphatic imine (C=N–C) groups is 1. The fraction of sp³-hybridized carbons (Fsp3) is 0.222. The molecule has 7 heteroatoms. The van der Waals surface area contributed by atoms with Crippen molar-refractivity contribution in [3.8, 4) is 17.1 Å². The van der Waals surface area contributed by atoms with Crippen molar-refractivity contribution < 1.29 is 0 Å². The van der Waals surface area contributed by atoms with E-state index in [9.17, 15) is 0 Å². The molecule has 0 radical (unpaired) electrons. The molecule has 25 heavy (non-hydrogen) atoms. The Labute approximate surface area is 159 Å². The first-order valence-electron chi connectivity index (χ1n) is 7.82. The van der Waals surface area contributed by atoms with Gasteiger partial charge in [-0.15, -0.1) is 15.0 Å². The van der Waals surface area contributed by atoms with Crippen molar-refractivity contribution in [2.75, 3.05) is 5.75 Å². The van der Waals surface area contributed by atoms with E-state index < -0.39 is 0 Å². The summed E-state index contributed by atoms with van der Waals surface area (Å²) < 4.78 is 1.04. The smallest absolute Gasteiger partial charge is 0.205 e. The third-order valence-electron chi connectivity index (χ3n) is 3.37. The molecule has 0 saturated carbocycles. The van der Waals surface area contributed by atoms with E-state index in [1.54, 1.807) is 11.8 Å². The van der Waals surface area contributed by atoms with Gasteiger partial charge in [-0.05, 0) is 47.1 Å². The van der Waals surface area contributed by atoms with Gasteiger partial charge < -0.3 is 0 Å². The number of halogens is 1. The first-order chi connectivity index (χ1) is 12.0. The van der Waals surface area contributed by atoms with Gasteiger partial charge in [0.25, 0.3) is 0 Å². The Morgan fingerprint density at radius 2 is 1.64 bits per heavy atom. The number of hydrogen-bond donors (Lipinski definition) is 0. The Balaban J connectivity index is 0.000000192. The number of nitrogens with zero attached hydrogens (tertiary/aromatic N) is 5. The molecule has 0 unspecified atom stereocenters. The molecule has 0 atom stereocenters. The van der Waals surface area contributed by atoms with Gasteiger partial charge in [0.1, 0.15) is 3.95 Å². The number of para-hydroxylation sites is 1. The third kappa shape index (κ3) is 4.99. The molecule has 0 amide bonds. The van der Waals surface area contributed by atoms with E-state index in [4.69, 9.17) is 0 Å². The van der Waals surface area contributed by atoms with Gasteiger partial charge in [0.05, 0.1) is 11.2 Å². The van der Waals surface area contributed by atoms with E-state index in [1.165, 1.54) is 4.80 Å². The number of rotatable bonds is 2. The summed E-state index contributed by atoms with van der Waals surface area (Å²) in [7, 11) is 0. The summed E-state index contributed by atoms with van der Waals surface area (Å²) in [6.07, 6.45) is 0. The highest BCUT2D eigenvalue weighted by molar-refractivity contribution is 9.22. The molecule has 1 aliphatic rings. The summed E-state index contributed by atoms with van der Waals surface area (Å²) in [6.45, 7) is 4.27. The highest BCUT2D eigenvalue weighted by Gasteiger charge is 2.23. The maximum absolute atomic E-state index is 4.35. The zero-order valence-electron chi connectivity index (χ0n) is 14.0. The summed E-state index contributed by atoms with van der Waals surface area (Å²) in [5, 5.41) is 12.4. The lowest BCUT2D eigenvalue weighted by molar-refractivity contribution is 0.606. The second-order valence-corrected chi connectivity index (χ2v) is 8.31. The zero-order chi connectivity index (χ0) is 17.7. The van der Waals surface area contributed by atoms with Crippen LogP contribution in [0, 0.1) is 0 Å². The topological polar surface area (TPSA) is 56.0 Å². The first kappa shape index (κ1) is 17.8. The summed E-state index contributed by atoms with van der Waals surface area (Å²) in [5.74, 6) is 1.74. The van der Waals surface area contributed by atoms with Crippen molar-refractivity contribution in [1.82, 2.24) is 20.2 Å². The third-order valence-corrected chi connectivity index (χ3v) is 5.41. The Morgan fingerprint density at radius 3 is 2.16 bits per heavy atom. The Hall–Kier alpha value is -1.99. The number of benzene rings is 2. The minimum absolute atomic E-state index is 0.170. The van der Waals surface area contributed by atoms with Gasteiger partial charge >= 0.3 is 0 Å². The summed E-state index contributed by atoms with van der Waals surface area (Å²) in [4.78, 5) is 5.85. The molecule has 0 bridgehead atoms. The van der Waals surface area contributed by atoms with Crippen LogP contribution in [0.3, 0.4) is 0 Å². The molecule has 0 saturated heterocycles. The first-order valence-corrected chi connectivity index (χ1v) is 9.60. The number of thioether (sulfide) groups is 1. The molecule has 0 spiro atoms. The standard InChI is InChI=1S/C13H10N4.C5H8BrNS/c1-3-7-11(8-4-1)13-14-16-17(15-13)12-9-5-2-6-10-12;1-5(2)3-8-4(6)7-5/h1-10H;3H2,1-2H3. The van der Waals surface area contributed by atoms with E-state index >= 15 is 0 Å². The van der Waals surface area contributed by atoms with E-state index in [-0.39, 0.29) is 5.54 Å². The van der Waals surface area contributed by atoms with Gasteiger partial charge in [-0.1, -0.05) is 60.3 Å². The number of hydrogen-bond acceptors (Lipinski definition) is 5. The highest BCUT2D eigenvalue weighted by Crippen LogP contribution is 2.29. The van der Waals surface area contributed by atoms with Crippen LogP contribution in [0.1, 0.15) is 13.8 Å². The van der Waals surface area contributed by atoms with E-state index in [1.807, 2.05) is 60.7 Å². The van der Waals surface area contributed by atoms with Crippen LogP contribution < -0.4 is 0 Å². The Bertz CT molecular complexity index is 792. The van der Waals surface area contributed by atoms with Crippen molar-refractivity contribution in [3.05, 3.63) is 60.7 Å². The molecule has 4 rings (SSSR count). The maximum Gasteiger partial charge on any atom is 0.205 e. The zero-order valence-corrected chi connectivity index (χ0v) is 16.4. The van der Waals surface area contributed by atoms with Gasteiger partial charge in [0.2, 0.25) is 5.82 Å². The molecule has 0 N–H and O–H groups in total. The van der Waals surface area contributed by atoms with E-state index in [0.717, 1.165) is 21.0 Å². The van der Waals surface area contributed by atoms with Gasteiger partial charge in [-0.3, -0.25) is 4.99 Å². The molecule has 0 fully saturated rings. The predicted molar refractivity (Wildman–Crippen MR) is 107 cm³/mol. The van der Waals surface area contributed by atoms with Crippen LogP contribution >= 0.6 is 27.7 Å². The Kier molecular flexibility index (Phi) is 5.65. The number of tetrazole rings is 1. The average molecular weight is 416 g/mol. The average Bonchev–Trinajstić information content (AvgIpc) is 3.23. The Morgan fingerprint density at radius 1 is 1.00 bits per heavy atom. The van der Waals surface area contributed by atoms with Crippen molar-refractivity contribution in [1.29, 1.82) is 0 Å². The van der Waals surface area contributed by atoms with Gasteiger partial charge in [0.15, 0.2) is 0 Å². The van der Waals surface area contributed by atoms with Gasteiger partial charge in [-0.2, -0.15) is 0 Å². The molecule has 1 aromatic heterocycles. The molecular weight excluding hydrogens is 398 g/mol.